The molecule has 3 rings (SSSR count). The molecule has 0 fully saturated rings. The lowest BCUT2D eigenvalue weighted by molar-refractivity contribution is -0.133. The molecule has 0 spiro atoms. The number of carbonyl (C=O) groups excluding carboxylic acids is 3. The number of hydrogen-bond acceptors (Lipinski definition) is 6. The fraction of sp³-hybridized carbons (Fsp3) is 0.333. The van der Waals surface area contributed by atoms with Crippen LogP contribution in [0.15, 0.2) is 47.6 Å². The van der Waals surface area contributed by atoms with Crippen molar-refractivity contribution in [2.75, 3.05) is 19.5 Å². The van der Waals surface area contributed by atoms with E-state index in [1.165, 1.54) is 11.9 Å². The summed E-state index contributed by atoms with van der Waals surface area (Å²) in [5.41, 5.74) is 2.95. The van der Waals surface area contributed by atoms with E-state index in [4.69, 9.17) is 14.6 Å². The third-order valence-electron chi connectivity index (χ3n) is 5.33. The lowest BCUT2D eigenvalue weighted by Gasteiger charge is -2.29. The van der Waals surface area contributed by atoms with Gasteiger partial charge in [0.1, 0.15) is 0 Å². The first-order valence-electron chi connectivity index (χ1n) is 10.4. The molecule has 0 aliphatic carbocycles. The number of carbonyl (C=O) groups is 3. The predicted octanol–water partition coefficient (Wildman–Crippen LogP) is 3.39. The summed E-state index contributed by atoms with van der Waals surface area (Å²) in [6, 6.07) is 12.6. The predicted molar refractivity (Wildman–Crippen MR) is 121 cm³/mol. The van der Waals surface area contributed by atoms with Crippen LogP contribution in [0.4, 0.5) is 5.69 Å². The first kappa shape index (κ1) is 23.0. The van der Waals surface area contributed by atoms with E-state index >= 15 is 0 Å². The molecule has 32 heavy (non-hydrogen) atoms. The fourth-order valence-corrected chi connectivity index (χ4v) is 3.57. The van der Waals surface area contributed by atoms with E-state index in [-0.39, 0.29) is 18.4 Å². The summed E-state index contributed by atoms with van der Waals surface area (Å²) in [5, 5.41) is 8.69. The van der Waals surface area contributed by atoms with Gasteiger partial charge < -0.3 is 14.8 Å². The Morgan fingerprint density at radius 1 is 1.12 bits per heavy atom. The van der Waals surface area contributed by atoms with Gasteiger partial charge in [-0.2, -0.15) is 5.10 Å². The van der Waals surface area contributed by atoms with Crippen LogP contribution in [0.5, 0.6) is 11.5 Å². The second-order valence-electron chi connectivity index (χ2n) is 7.53. The van der Waals surface area contributed by atoms with Gasteiger partial charge in [0.2, 0.25) is 11.7 Å². The maximum Gasteiger partial charge on any atom is 0.291 e. The summed E-state index contributed by atoms with van der Waals surface area (Å²) in [6.07, 6.45) is 1.13. The monoisotopic (exact) mass is 437 g/mol. The van der Waals surface area contributed by atoms with E-state index in [1.54, 1.807) is 32.4 Å². The summed E-state index contributed by atoms with van der Waals surface area (Å²) in [7, 11) is 3.16. The lowest BCUT2D eigenvalue weighted by atomic mass is 9.89. The van der Waals surface area contributed by atoms with Crippen molar-refractivity contribution >= 4 is 29.0 Å². The van der Waals surface area contributed by atoms with Crippen LogP contribution in [0.3, 0.4) is 0 Å². The molecule has 1 heterocycles. The molecule has 2 aromatic carbocycles. The number of benzene rings is 2. The Labute approximate surface area is 187 Å². The van der Waals surface area contributed by atoms with Crippen LogP contribution in [-0.2, 0) is 20.9 Å². The zero-order chi connectivity index (χ0) is 23.3. The van der Waals surface area contributed by atoms with Gasteiger partial charge in [0.25, 0.3) is 5.91 Å². The zero-order valence-corrected chi connectivity index (χ0v) is 18.7. The van der Waals surface area contributed by atoms with Crippen molar-refractivity contribution in [3.05, 3.63) is 53.6 Å². The molecule has 0 bridgehead atoms. The van der Waals surface area contributed by atoms with Crippen molar-refractivity contribution < 1.29 is 23.9 Å². The summed E-state index contributed by atoms with van der Waals surface area (Å²) < 4.78 is 10.7. The van der Waals surface area contributed by atoms with Crippen LogP contribution in [0, 0.1) is 5.92 Å². The Morgan fingerprint density at radius 3 is 2.53 bits per heavy atom. The molecule has 1 N–H and O–H groups in total. The highest BCUT2D eigenvalue weighted by Gasteiger charge is 2.29. The normalized spacial score (nSPS) is 15.8. The van der Waals surface area contributed by atoms with Crippen LogP contribution in [-0.4, -0.2) is 42.5 Å². The molecule has 0 saturated carbocycles. The molecule has 8 nitrogen and oxygen atoms in total. The topological polar surface area (TPSA) is 97.3 Å². The number of ether oxygens (including phenoxy) is 2. The second-order valence-corrected chi connectivity index (χ2v) is 7.53. The number of hydrazone groups is 1. The number of rotatable bonds is 8. The van der Waals surface area contributed by atoms with Crippen molar-refractivity contribution in [1.29, 1.82) is 0 Å². The molecule has 0 saturated heterocycles. The van der Waals surface area contributed by atoms with Crippen LogP contribution in [0.25, 0.3) is 0 Å². The number of anilines is 1. The van der Waals surface area contributed by atoms with Gasteiger partial charge in [-0.05, 0) is 42.3 Å². The minimum atomic E-state index is -0.684. The highest BCUT2D eigenvalue weighted by atomic mass is 16.5. The second kappa shape index (κ2) is 10.1. The number of nitrogens with one attached hydrogen (secondary N) is 1. The van der Waals surface area contributed by atoms with Crippen molar-refractivity contribution in [3.63, 3.8) is 0 Å². The van der Waals surface area contributed by atoms with Gasteiger partial charge >= 0.3 is 0 Å². The zero-order valence-electron chi connectivity index (χ0n) is 18.7. The van der Waals surface area contributed by atoms with Gasteiger partial charge in [0.15, 0.2) is 11.5 Å². The minimum absolute atomic E-state index is 0.00181. The van der Waals surface area contributed by atoms with E-state index in [0.717, 1.165) is 23.3 Å². The van der Waals surface area contributed by atoms with Gasteiger partial charge in [-0.25, -0.2) is 5.01 Å². The number of methoxy groups -OCH3 is 2. The average Bonchev–Trinajstić information content (AvgIpc) is 2.79. The first-order valence-corrected chi connectivity index (χ1v) is 10.4. The molecule has 1 atom stereocenters. The van der Waals surface area contributed by atoms with Crippen molar-refractivity contribution in [3.8, 4) is 11.5 Å². The van der Waals surface area contributed by atoms with Crippen LogP contribution >= 0.6 is 0 Å². The molecular formula is C24H27N3O5. The summed E-state index contributed by atoms with van der Waals surface area (Å²) in [4.78, 5) is 35.7. The molecule has 2 amide bonds. The molecule has 0 aromatic heterocycles. The van der Waals surface area contributed by atoms with E-state index in [0.29, 0.717) is 23.6 Å². The molecule has 1 aliphatic rings. The number of ketones is 1. The van der Waals surface area contributed by atoms with E-state index in [2.05, 4.69) is 5.32 Å². The number of nitrogens with zero attached hydrogens (tertiary/aromatic N) is 2. The Morgan fingerprint density at radius 2 is 1.88 bits per heavy atom. The smallest absolute Gasteiger partial charge is 0.291 e. The van der Waals surface area contributed by atoms with Gasteiger partial charge in [0, 0.05) is 30.5 Å². The molecule has 168 valence electrons. The van der Waals surface area contributed by atoms with Gasteiger partial charge in [-0.3, -0.25) is 14.4 Å². The highest BCUT2D eigenvalue weighted by molar-refractivity contribution is 6.39. The maximum absolute atomic E-state index is 12.8. The summed E-state index contributed by atoms with van der Waals surface area (Å²) in [5.74, 6) is -0.109. The molecule has 0 radical (unpaired) electrons. The largest absolute Gasteiger partial charge is 0.493 e. The van der Waals surface area contributed by atoms with Gasteiger partial charge in [-0.1, -0.05) is 19.1 Å². The Bertz CT molecular complexity index is 1060. The standard InChI is InChI=1S/C24H27N3O5/c1-5-17-13-22(29)27(14-16-7-6-8-19(11-16)25-24(30)15(2)28)26-23(17)18-9-10-20(31-3)21(12-18)32-4/h6-12,17H,5,13-14H2,1-4H3,(H,25,30). The van der Waals surface area contributed by atoms with Crippen molar-refractivity contribution in [1.82, 2.24) is 5.01 Å². The Hall–Kier alpha value is -3.68. The Kier molecular flexibility index (Phi) is 7.25. The molecule has 1 aliphatic heterocycles. The average molecular weight is 437 g/mol. The summed E-state index contributed by atoms with van der Waals surface area (Å²) >= 11 is 0. The molecule has 8 heteroatoms. The van der Waals surface area contributed by atoms with Crippen LogP contribution in [0.1, 0.15) is 37.8 Å². The third kappa shape index (κ3) is 5.14. The quantitative estimate of drug-likeness (QED) is 0.639. The van der Waals surface area contributed by atoms with Gasteiger partial charge in [-0.15, -0.1) is 0 Å². The highest BCUT2D eigenvalue weighted by Crippen LogP contribution is 2.31. The molecular weight excluding hydrogens is 410 g/mol. The maximum atomic E-state index is 12.8. The first-order chi connectivity index (χ1) is 15.4. The lowest BCUT2D eigenvalue weighted by Crippen LogP contribution is -2.36. The van der Waals surface area contributed by atoms with E-state index in [1.807, 2.05) is 31.2 Å². The third-order valence-corrected chi connectivity index (χ3v) is 5.33. The minimum Gasteiger partial charge on any atom is -0.493 e. The Balaban J connectivity index is 1.89. The van der Waals surface area contributed by atoms with Crippen LogP contribution < -0.4 is 14.8 Å². The van der Waals surface area contributed by atoms with E-state index < -0.39 is 11.7 Å². The molecule has 1 unspecified atom stereocenters. The number of amides is 2. The number of Topliss-reactive ketones (excluding diaryl/α,β-unsaturated/α-hetero) is 1. The van der Waals surface area contributed by atoms with E-state index in [9.17, 15) is 14.4 Å². The van der Waals surface area contributed by atoms with Gasteiger partial charge in [0.05, 0.1) is 26.5 Å². The summed E-state index contributed by atoms with van der Waals surface area (Å²) in [6.45, 7) is 3.49. The molecule has 2 aromatic rings. The van der Waals surface area contributed by atoms with Crippen molar-refractivity contribution in [2.45, 2.75) is 33.2 Å². The number of hydrogen-bond donors (Lipinski definition) is 1. The fourth-order valence-electron chi connectivity index (χ4n) is 3.57. The van der Waals surface area contributed by atoms with Crippen molar-refractivity contribution in [2.24, 2.45) is 11.0 Å². The van der Waals surface area contributed by atoms with Crippen LogP contribution in [0.2, 0.25) is 0 Å². The SMILES string of the molecule is CCC1CC(=O)N(Cc2cccc(NC(=O)C(C)=O)c2)N=C1c1ccc(OC)c(OC)c1.